The van der Waals surface area contributed by atoms with Crippen LogP contribution in [0, 0.1) is 6.92 Å². The second-order valence-electron chi connectivity index (χ2n) is 5.61. The molecule has 0 radical (unpaired) electrons. The van der Waals surface area contributed by atoms with Gasteiger partial charge < -0.3 is 5.11 Å². The summed E-state index contributed by atoms with van der Waals surface area (Å²) in [4.78, 5) is 0. The first-order valence-corrected chi connectivity index (χ1v) is 6.17. The molecule has 1 unspecified atom stereocenters. The first kappa shape index (κ1) is 17.7. The van der Waals surface area contributed by atoms with Gasteiger partial charge in [-0.25, -0.2) is 0 Å². The molecular weight excluding hydrogens is 298 g/mol. The van der Waals surface area contributed by atoms with E-state index in [0.717, 1.165) is 32.9 Å². The molecule has 21 heavy (non-hydrogen) atoms. The van der Waals surface area contributed by atoms with Gasteiger partial charge in [0.05, 0.1) is 11.3 Å². The quantitative estimate of drug-likeness (QED) is 0.743. The Morgan fingerprint density at radius 3 is 1.86 bits per heavy atom. The summed E-state index contributed by atoms with van der Waals surface area (Å²) >= 11 is 0. The predicted octanol–water partition coefficient (Wildman–Crippen LogP) is 5.21. The molecule has 0 fully saturated rings. The average Bonchev–Trinajstić information content (AvgIpc) is 2.25. The van der Waals surface area contributed by atoms with E-state index in [0.29, 0.717) is 0 Å². The predicted molar refractivity (Wildman–Crippen MR) is 66.4 cm³/mol. The molecule has 0 aliphatic carbocycles. The molecule has 0 aromatic heterocycles. The second-order valence-corrected chi connectivity index (χ2v) is 5.61. The van der Waals surface area contributed by atoms with Crippen LogP contribution >= 0.6 is 0 Å². The van der Waals surface area contributed by atoms with Crippen LogP contribution < -0.4 is 0 Å². The number of hydrogen-bond acceptors (Lipinski definition) is 1. The number of hydrogen-bond donors (Lipinski definition) is 1. The lowest BCUT2D eigenvalue weighted by atomic mass is 9.79. The first-order chi connectivity index (χ1) is 9.19. The fourth-order valence-electron chi connectivity index (χ4n) is 2.06. The van der Waals surface area contributed by atoms with Gasteiger partial charge in [-0.2, -0.15) is 26.3 Å². The van der Waals surface area contributed by atoms with Crippen LogP contribution in [-0.2, 0) is 5.41 Å². The summed E-state index contributed by atoms with van der Waals surface area (Å²) in [6.45, 7) is 3.92. The summed E-state index contributed by atoms with van der Waals surface area (Å²) < 4.78 is 77.5. The summed E-state index contributed by atoms with van der Waals surface area (Å²) in [6.07, 6.45) is -9.26. The Kier molecular flexibility index (Phi) is 4.29. The van der Waals surface area contributed by atoms with E-state index < -0.39 is 35.0 Å². The van der Waals surface area contributed by atoms with Crippen LogP contribution in [0.2, 0.25) is 0 Å². The highest BCUT2D eigenvalue weighted by Gasteiger charge is 2.50. The van der Waals surface area contributed by atoms with Gasteiger partial charge in [0.25, 0.3) is 0 Å². The van der Waals surface area contributed by atoms with Crippen molar-refractivity contribution < 1.29 is 31.4 Å². The zero-order chi connectivity index (χ0) is 16.8. The number of benzene rings is 1. The molecule has 0 saturated carbocycles. The van der Waals surface area contributed by atoms with Crippen LogP contribution in [0.25, 0.3) is 0 Å². The third-order valence-corrected chi connectivity index (χ3v) is 3.71. The Hall–Kier alpha value is -1.40. The van der Waals surface area contributed by atoms with E-state index in [4.69, 9.17) is 0 Å². The molecule has 120 valence electrons. The molecule has 0 aliphatic heterocycles. The van der Waals surface area contributed by atoms with Crippen molar-refractivity contribution in [3.05, 3.63) is 28.8 Å². The maximum absolute atomic E-state index is 13.1. The Balaban J connectivity index is 3.52. The summed E-state index contributed by atoms with van der Waals surface area (Å²) in [7, 11) is 0. The van der Waals surface area contributed by atoms with Gasteiger partial charge in [-0.15, -0.1) is 0 Å². The van der Waals surface area contributed by atoms with Crippen LogP contribution in [0.3, 0.4) is 0 Å². The molecule has 1 rings (SSSR count). The van der Waals surface area contributed by atoms with Gasteiger partial charge in [0.15, 0.2) is 0 Å². The van der Waals surface area contributed by atoms with E-state index in [1.807, 2.05) is 0 Å². The van der Waals surface area contributed by atoms with Gasteiger partial charge in [-0.1, -0.05) is 6.07 Å². The highest BCUT2D eigenvalue weighted by atomic mass is 19.4. The smallest absolute Gasteiger partial charge is 0.397 e. The number of phenols is 1. The maximum Gasteiger partial charge on any atom is 0.397 e. The largest absolute Gasteiger partial charge is 0.508 e. The van der Waals surface area contributed by atoms with Gasteiger partial charge in [-0.05, 0) is 44.9 Å². The van der Waals surface area contributed by atoms with E-state index in [-0.39, 0.29) is 11.1 Å². The zero-order valence-electron chi connectivity index (χ0n) is 11.9. The van der Waals surface area contributed by atoms with Crippen molar-refractivity contribution >= 4 is 0 Å². The highest BCUT2D eigenvalue weighted by molar-refractivity contribution is 5.46. The van der Waals surface area contributed by atoms with Gasteiger partial charge in [-0.3, -0.25) is 0 Å². The molecule has 1 aromatic rings. The molecule has 1 nitrogen and oxygen atoms in total. The van der Waals surface area contributed by atoms with Crippen molar-refractivity contribution in [2.24, 2.45) is 0 Å². The average molecular weight is 314 g/mol. The molecule has 0 aliphatic rings. The van der Waals surface area contributed by atoms with Gasteiger partial charge in [0.2, 0.25) is 0 Å². The van der Waals surface area contributed by atoms with Gasteiger partial charge in [0.1, 0.15) is 5.75 Å². The minimum atomic E-state index is -4.65. The number of halogens is 6. The Bertz CT molecular complexity index is 527. The molecule has 1 aromatic carbocycles. The molecular formula is C14H16F6O. The van der Waals surface area contributed by atoms with E-state index in [2.05, 4.69) is 0 Å². The molecule has 1 atom stereocenters. The Morgan fingerprint density at radius 1 is 1.00 bits per heavy atom. The molecule has 0 heterocycles. The minimum absolute atomic E-state index is 0.0907. The lowest BCUT2D eigenvalue weighted by molar-refractivity contribution is -0.180. The third kappa shape index (κ3) is 3.27. The number of aryl methyl sites for hydroxylation is 1. The number of phenolic OH excluding ortho intramolecular Hbond substituents is 1. The van der Waals surface area contributed by atoms with Crippen LogP contribution in [-0.4, -0.2) is 17.5 Å². The first-order valence-electron chi connectivity index (χ1n) is 6.17. The van der Waals surface area contributed by atoms with Gasteiger partial charge in [0, 0.05) is 5.56 Å². The third-order valence-electron chi connectivity index (χ3n) is 3.71. The van der Waals surface area contributed by atoms with E-state index in [1.165, 1.54) is 6.92 Å². The minimum Gasteiger partial charge on any atom is -0.508 e. The SMILES string of the molecule is Cc1cc(O)c(C(C)C(F)(F)F)cc1C(C)(C)C(F)(F)F. The monoisotopic (exact) mass is 314 g/mol. The molecule has 0 saturated heterocycles. The topological polar surface area (TPSA) is 20.2 Å². The van der Waals surface area contributed by atoms with E-state index in [9.17, 15) is 31.4 Å². The molecule has 0 amide bonds. The maximum atomic E-state index is 13.1. The summed E-state index contributed by atoms with van der Waals surface area (Å²) in [5, 5.41) is 9.64. The fraction of sp³-hybridized carbons (Fsp3) is 0.571. The Labute approximate surface area is 118 Å². The van der Waals surface area contributed by atoms with Crippen molar-refractivity contribution in [1.82, 2.24) is 0 Å². The van der Waals surface area contributed by atoms with Crippen LogP contribution in [0.5, 0.6) is 5.75 Å². The molecule has 1 N–H and O–H groups in total. The lowest BCUT2D eigenvalue weighted by Gasteiger charge is -2.31. The van der Waals surface area contributed by atoms with Crippen molar-refractivity contribution in [3.63, 3.8) is 0 Å². The second kappa shape index (κ2) is 5.10. The normalized spacial score (nSPS) is 15.1. The number of aromatic hydroxyl groups is 1. The van der Waals surface area contributed by atoms with Crippen molar-refractivity contribution in [2.75, 3.05) is 0 Å². The standard InChI is InChI=1S/C14H16F6O/c1-7-5-11(21)9(8(2)13(15,16)17)6-10(7)12(3,4)14(18,19)20/h5-6,8,21H,1-4H3. The van der Waals surface area contributed by atoms with E-state index >= 15 is 0 Å². The van der Waals surface area contributed by atoms with Crippen molar-refractivity contribution in [3.8, 4) is 5.75 Å². The summed E-state index contributed by atoms with van der Waals surface area (Å²) in [6, 6.07) is 1.75. The Morgan fingerprint density at radius 2 is 1.48 bits per heavy atom. The summed E-state index contributed by atoms with van der Waals surface area (Å²) in [5.74, 6) is -2.71. The van der Waals surface area contributed by atoms with Crippen molar-refractivity contribution in [2.45, 2.75) is 51.4 Å². The van der Waals surface area contributed by atoms with Crippen molar-refractivity contribution in [1.29, 1.82) is 0 Å². The molecule has 0 bridgehead atoms. The number of alkyl halides is 6. The van der Waals surface area contributed by atoms with Crippen LogP contribution in [0.4, 0.5) is 26.3 Å². The van der Waals surface area contributed by atoms with Crippen LogP contribution in [0.1, 0.15) is 43.4 Å². The van der Waals surface area contributed by atoms with Gasteiger partial charge >= 0.3 is 12.4 Å². The number of rotatable bonds is 2. The lowest BCUT2D eigenvalue weighted by Crippen LogP contribution is -2.37. The van der Waals surface area contributed by atoms with Crippen LogP contribution in [0.15, 0.2) is 12.1 Å². The fourth-order valence-corrected chi connectivity index (χ4v) is 2.06. The highest BCUT2D eigenvalue weighted by Crippen LogP contribution is 2.45. The molecule has 7 heteroatoms. The molecule has 0 spiro atoms. The zero-order valence-corrected chi connectivity index (χ0v) is 11.9. The summed E-state index contributed by atoms with van der Waals surface area (Å²) in [5.41, 5.74) is -3.06. The van der Waals surface area contributed by atoms with E-state index in [1.54, 1.807) is 0 Å².